The Bertz CT molecular complexity index is 485. The van der Waals surface area contributed by atoms with Gasteiger partial charge in [0.05, 0.1) is 6.54 Å². The van der Waals surface area contributed by atoms with Crippen molar-refractivity contribution in [3.05, 3.63) is 21.9 Å². The van der Waals surface area contributed by atoms with E-state index in [-0.39, 0.29) is 24.0 Å². The second-order valence-electron chi connectivity index (χ2n) is 6.04. The zero-order valence-corrected chi connectivity index (χ0v) is 17.9. The number of nitrogens with zero attached hydrogens (tertiary/aromatic N) is 2. The van der Waals surface area contributed by atoms with Crippen LogP contribution in [0.4, 0.5) is 0 Å². The second-order valence-corrected chi connectivity index (χ2v) is 7.30. The summed E-state index contributed by atoms with van der Waals surface area (Å²) in [5, 5.41) is 6.81. The van der Waals surface area contributed by atoms with Crippen molar-refractivity contribution in [1.82, 2.24) is 15.5 Å². The Morgan fingerprint density at radius 2 is 2.00 bits per heavy atom. The number of aliphatic imine (C=N–C) groups is 1. The first kappa shape index (κ1) is 20.7. The van der Waals surface area contributed by atoms with Crippen LogP contribution in [-0.4, -0.2) is 43.1 Å². The molecular weight excluding hydrogens is 419 g/mol. The molecule has 1 fully saturated rings. The van der Waals surface area contributed by atoms with Gasteiger partial charge in [0.15, 0.2) is 5.96 Å². The number of thiophene rings is 1. The molecule has 0 radical (unpaired) electrons. The molecule has 1 aromatic heterocycles. The summed E-state index contributed by atoms with van der Waals surface area (Å²) in [5.74, 6) is 0.921. The van der Waals surface area contributed by atoms with Gasteiger partial charge in [0, 0.05) is 34.9 Å². The van der Waals surface area contributed by atoms with Crippen LogP contribution >= 0.6 is 35.3 Å². The molecule has 0 spiro atoms. The van der Waals surface area contributed by atoms with E-state index in [2.05, 4.69) is 55.5 Å². The third kappa shape index (κ3) is 6.97. The molecular formula is C17H31IN4S. The van der Waals surface area contributed by atoms with Gasteiger partial charge in [-0.2, -0.15) is 0 Å². The Morgan fingerprint density at radius 3 is 2.57 bits per heavy atom. The van der Waals surface area contributed by atoms with Crippen LogP contribution in [-0.2, 0) is 13.0 Å². The first-order chi connectivity index (χ1) is 10.6. The molecule has 6 heteroatoms. The van der Waals surface area contributed by atoms with E-state index >= 15 is 0 Å². The molecule has 2 rings (SSSR count). The van der Waals surface area contributed by atoms with Crippen LogP contribution in [0.5, 0.6) is 0 Å². The molecule has 1 saturated carbocycles. The molecule has 1 aromatic rings. The third-order valence-electron chi connectivity index (χ3n) is 4.19. The van der Waals surface area contributed by atoms with Gasteiger partial charge in [0.1, 0.15) is 0 Å². The van der Waals surface area contributed by atoms with Crippen LogP contribution < -0.4 is 10.6 Å². The lowest BCUT2D eigenvalue weighted by molar-refractivity contribution is 0.247. The van der Waals surface area contributed by atoms with Gasteiger partial charge >= 0.3 is 0 Å². The predicted octanol–water partition coefficient (Wildman–Crippen LogP) is 3.47. The van der Waals surface area contributed by atoms with Gasteiger partial charge in [-0.05, 0) is 52.3 Å². The Morgan fingerprint density at radius 1 is 1.30 bits per heavy atom. The van der Waals surface area contributed by atoms with Crippen molar-refractivity contribution in [3.8, 4) is 0 Å². The van der Waals surface area contributed by atoms with Crippen LogP contribution in [0.3, 0.4) is 0 Å². The van der Waals surface area contributed by atoms with E-state index in [9.17, 15) is 0 Å². The molecule has 1 aliphatic rings. The first-order valence-corrected chi connectivity index (χ1v) is 9.27. The monoisotopic (exact) mass is 450 g/mol. The molecule has 132 valence electrons. The van der Waals surface area contributed by atoms with E-state index in [0.29, 0.717) is 6.04 Å². The molecule has 0 bridgehead atoms. The average molecular weight is 450 g/mol. The van der Waals surface area contributed by atoms with Crippen LogP contribution in [0.1, 0.15) is 43.4 Å². The molecule has 1 atom stereocenters. The summed E-state index contributed by atoms with van der Waals surface area (Å²) in [7, 11) is 2.23. The number of likely N-dealkylation sites (N-methyl/N-ethyl adjacent to an activating group) is 1. The fourth-order valence-corrected chi connectivity index (χ4v) is 3.31. The minimum Gasteiger partial charge on any atom is -0.357 e. The molecule has 1 heterocycles. The van der Waals surface area contributed by atoms with Gasteiger partial charge in [-0.25, -0.2) is 4.99 Å². The fraction of sp³-hybridized carbons (Fsp3) is 0.706. The summed E-state index contributed by atoms with van der Waals surface area (Å²) in [6, 6.07) is 5.74. The normalized spacial score (nSPS) is 16.1. The van der Waals surface area contributed by atoms with E-state index in [1.807, 2.05) is 11.3 Å². The highest BCUT2D eigenvalue weighted by Gasteiger charge is 2.28. The lowest BCUT2D eigenvalue weighted by atomic mass is 10.3. The van der Waals surface area contributed by atoms with Gasteiger partial charge in [-0.15, -0.1) is 35.3 Å². The van der Waals surface area contributed by atoms with E-state index in [4.69, 9.17) is 4.99 Å². The maximum absolute atomic E-state index is 4.71. The maximum Gasteiger partial charge on any atom is 0.191 e. The summed E-state index contributed by atoms with van der Waals surface area (Å²) in [5.41, 5.74) is 0. The number of guanidine groups is 1. The van der Waals surface area contributed by atoms with E-state index in [1.165, 1.54) is 22.6 Å². The molecule has 1 aliphatic carbocycles. The van der Waals surface area contributed by atoms with Crippen molar-refractivity contribution in [1.29, 1.82) is 0 Å². The van der Waals surface area contributed by atoms with Gasteiger partial charge in [-0.1, -0.05) is 6.92 Å². The molecule has 0 aromatic carbocycles. The number of nitrogens with one attached hydrogen (secondary N) is 2. The van der Waals surface area contributed by atoms with Gasteiger partial charge in [-0.3, -0.25) is 4.90 Å². The van der Waals surface area contributed by atoms with Crippen LogP contribution in [0.25, 0.3) is 0 Å². The van der Waals surface area contributed by atoms with Crippen molar-refractivity contribution in [2.75, 3.05) is 20.1 Å². The summed E-state index contributed by atoms with van der Waals surface area (Å²) in [6.07, 6.45) is 3.82. The highest BCUT2D eigenvalue weighted by molar-refractivity contribution is 14.0. The molecule has 2 N–H and O–H groups in total. The zero-order valence-electron chi connectivity index (χ0n) is 14.8. The number of aryl methyl sites for hydroxylation is 1. The average Bonchev–Trinajstić information content (AvgIpc) is 3.27. The zero-order chi connectivity index (χ0) is 15.9. The Hall–Kier alpha value is -0.340. The van der Waals surface area contributed by atoms with E-state index < -0.39 is 0 Å². The molecule has 0 saturated heterocycles. The van der Waals surface area contributed by atoms with Gasteiger partial charge < -0.3 is 10.6 Å². The highest BCUT2D eigenvalue weighted by Crippen LogP contribution is 2.26. The Labute approximate surface area is 162 Å². The largest absolute Gasteiger partial charge is 0.357 e. The molecule has 4 nitrogen and oxygen atoms in total. The molecule has 0 aliphatic heterocycles. The highest BCUT2D eigenvalue weighted by atomic mass is 127. The van der Waals surface area contributed by atoms with Crippen molar-refractivity contribution in [2.24, 2.45) is 4.99 Å². The van der Waals surface area contributed by atoms with Crippen LogP contribution in [0.2, 0.25) is 0 Å². The van der Waals surface area contributed by atoms with E-state index in [1.54, 1.807) is 0 Å². The summed E-state index contributed by atoms with van der Waals surface area (Å²) >= 11 is 1.86. The van der Waals surface area contributed by atoms with Crippen molar-refractivity contribution < 1.29 is 0 Å². The topological polar surface area (TPSA) is 39.7 Å². The minimum absolute atomic E-state index is 0. The van der Waals surface area contributed by atoms with Gasteiger partial charge in [0.2, 0.25) is 0 Å². The maximum atomic E-state index is 4.71. The van der Waals surface area contributed by atoms with Crippen molar-refractivity contribution in [3.63, 3.8) is 0 Å². The Kier molecular flexibility index (Phi) is 9.46. The predicted molar refractivity (Wildman–Crippen MR) is 112 cm³/mol. The van der Waals surface area contributed by atoms with Crippen LogP contribution in [0.15, 0.2) is 17.1 Å². The standard InChI is InChI=1S/C17H30N4S.HI/c1-5-15-9-10-16(22-15)12-20-17(18-6-2)19-11-13(3)21(4)14-7-8-14;/h9-10,13-14H,5-8,11-12H2,1-4H3,(H2,18,19,20);1H. The third-order valence-corrected chi connectivity index (χ3v) is 5.40. The van der Waals surface area contributed by atoms with Crippen molar-refractivity contribution >= 4 is 41.3 Å². The number of hydrogen-bond donors (Lipinski definition) is 2. The smallest absolute Gasteiger partial charge is 0.191 e. The SMILES string of the molecule is CCNC(=NCc1ccc(CC)s1)NCC(C)N(C)C1CC1.I. The van der Waals surface area contributed by atoms with E-state index in [0.717, 1.165) is 38.1 Å². The summed E-state index contributed by atoms with van der Waals surface area (Å²) in [4.78, 5) is 9.95. The first-order valence-electron chi connectivity index (χ1n) is 8.45. The number of halogens is 1. The second kappa shape index (κ2) is 10.5. The van der Waals surface area contributed by atoms with Gasteiger partial charge in [0.25, 0.3) is 0 Å². The minimum atomic E-state index is 0. The lowest BCUT2D eigenvalue weighted by Gasteiger charge is -2.25. The molecule has 23 heavy (non-hydrogen) atoms. The molecule has 1 unspecified atom stereocenters. The van der Waals surface area contributed by atoms with Crippen molar-refractivity contribution in [2.45, 2.75) is 58.7 Å². The van der Waals surface area contributed by atoms with Crippen LogP contribution in [0, 0.1) is 0 Å². The number of rotatable bonds is 8. The summed E-state index contributed by atoms with van der Waals surface area (Å²) < 4.78 is 0. The lowest BCUT2D eigenvalue weighted by Crippen LogP contribution is -2.45. The Balaban J connectivity index is 0.00000264. The molecule has 0 amide bonds. The number of hydrogen-bond acceptors (Lipinski definition) is 3. The summed E-state index contributed by atoms with van der Waals surface area (Å²) in [6.45, 7) is 9.17. The quantitative estimate of drug-likeness (QED) is 0.362. The fourth-order valence-electron chi connectivity index (χ4n) is 2.43.